The van der Waals surface area contributed by atoms with E-state index < -0.39 is 10.0 Å². The molecule has 0 aromatic heterocycles. The zero-order valence-electron chi connectivity index (χ0n) is 12.7. The van der Waals surface area contributed by atoms with Crippen molar-refractivity contribution in [1.29, 1.82) is 0 Å². The van der Waals surface area contributed by atoms with Crippen LogP contribution in [-0.4, -0.2) is 62.5 Å². The van der Waals surface area contributed by atoms with Crippen molar-refractivity contribution in [2.24, 2.45) is 0 Å². The quantitative estimate of drug-likeness (QED) is 0.889. The molecule has 122 valence electrons. The smallest absolute Gasteiger partial charge is 0.241 e. The van der Waals surface area contributed by atoms with Gasteiger partial charge in [-0.3, -0.25) is 4.79 Å². The normalized spacial score (nSPS) is 16.6. The topological polar surface area (TPSA) is 69.7 Å². The number of halogens is 1. The summed E-state index contributed by atoms with van der Waals surface area (Å²) in [6.07, 6.45) is 1.19. The highest BCUT2D eigenvalue weighted by molar-refractivity contribution is 7.88. The summed E-state index contributed by atoms with van der Waals surface area (Å²) < 4.78 is 24.3. The molecule has 0 radical (unpaired) electrons. The number of hydrogen-bond acceptors (Lipinski definition) is 4. The number of benzene rings is 1. The molecule has 0 unspecified atom stereocenters. The summed E-state index contributed by atoms with van der Waals surface area (Å²) in [5.74, 6) is -0.0511. The van der Waals surface area contributed by atoms with Crippen LogP contribution in [0, 0.1) is 6.92 Å². The second-order valence-electron chi connectivity index (χ2n) is 5.36. The zero-order valence-corrected chi connectivity index (χ0v) is 14.2. The molecule has 1 aliphatic rings. The van der Waals surface area contributed by atoms with Crippen LogP contribution in [0.15, 0.2) is 18.2 Å². The van der Waals surface area contributed by atoms with Crippen LogP contribution in [0.3, 0.4) is 0 Å². The Morgan fingerprint density at radius 1 is 1.27 bits per heavy atom. The Morgan fingerprint density at radius 2 is 1.91 bits per heavy atom. The Bertz CT molecular complexity index is 655. The molecule has 0 aliphatic carbocycles. The molecule has 6 nitrogen and oxygen atoms in total. The Labute approximate surface area is 136 Å². The van der Waals surface area contributed by atoms with Gasteiger partial charge in [-0.05, 0) is 24.6 Å². The van der Waals surface area contributed by atoms with E-state index in [1.165, 1.54) is 10.6 Å². The number of rotatable bonds is 4. The van der Waals surface area contributed by atoms with E-state index in [-0.39, 0.29) is 12.5 Å². The number of nitrogens with zero attached hydrogens (tertiary/aromatic N) is 2. The fraction of sp³-hybridized carbons (Fsp3) is 0.500. The van der Waals surface area contributed by atoms with Crippen molar-refractivity contribution < 1.29 is 13.2 Å². The summed E-state index contributed by atoms with van der Waals surface area (Å²) in [6, 6.07) is 5.54. The first kappa shape index (κ1) is 17.1. The lowest BCUT2D eigenvalue weighted by molar-refractivity contribution is -0.130. The van der Waals surface area contributed by atoms with Gasteiger partial charge in [-0.2, -0.15) is 4.31 Å². The van der Waals surface area contributed by atoms with Crippen molar-refractivity contribution in [2.45, 2.75) is 6.92 Å². The summed E-state index contributed by atoms with van der Waals surface area (Å²) in [4.78, 5) is 13.8. The number of carbonyl (C=O) groups is 1. The molecule has 2 rings (SSSR count). The maximum absolute atomic E-state index is 12.1. The van der Waals surface area contributed by atoms with Gasteiger partial charge in [-0.15, -0.1) is 0 Å². The molecule has 0 bridgehead atoms. The van der Waals surface area contributed by atoms with E-state index in [1.807, 2.05) is 19.1 Å². The minimum atomic E-state index is -3.17. The SMILES string of the molecule is Cc1ccc(NCC(=O)N2CCN(S(C)(=O)=O)CC2)cc1Cl. The summed E-state index contributed by atoms with van der Waals surface area (Å²) >= 11 is 6.04. The number of aryl methyl sites for hydroxylation is 1. The molecule has 1 N–H and O–H groups in total. The molecule has 22 heavy (non-hydrogen) atoms. The maximum atomic E-state index is 12.1. The predicted octanol–water partition coefficient (Wildman–Crippen LogP) is 1.16. The van der Waals surface area contributed by atoms with Gasteiger partial charge in [0.2, 0.25) is 15.9 Å². The Morgan fingerprint density at radius 3 is 2.45 bits per heavy atom. The van der Waals surface area contributed by atoms with Gasteiger partial charge in [0, 0.05) is 36.9 Å². The van der Waals surface area contributed by atoms with E-state index in [4.69, 9.17) is 11.6 Å². The Balaban J connectivity index is 1.85. The third-order valence-corrected chi connectivity index (χ3v) is 5.39. The van der Waals surface area contributed by atoms with Gasteiger partial charge < -0.3 is 10.2 Å². The van der Waals surface area contributed by atoms with Crippen LogP contribution < -0.4 is 5.32 Å². The minimum Gasteiger partial charge on any atom is -0.376 e. The number of hydrogen-bond donors (Lipinski definition) is 1. The average Bonchev–Trinajstić information content (AvgIpc) is 2.47. The zero-order chi connectivity index (χ0) is 16.3. The van der Waals surface area contributed by atoms with Crippen molar-refractivity contribution in [1.82, 2.24) is 9.21 Å². The molecule has 8 heteroatoms. The maximum Gasteiger partial charge on any atom is 0.241 e. The largest absolute Gasteiger partial charge is 0.376 e. The third kappa shape index (κ3) is 4.34. The van der Waals surface area contributed by atoms with Crippen LogP contribution in [0.1, 0.15) is 5.56 Å². The molecule has 1 aromatic carbocycles. The van der Waals surface area contributed by atoms with Gasteiger partial charge in [0.25, 0.3) is 0 Å². The van der Waals surface area contributed by atoms with Gasteiger partial charge in [-0.1, -0.05) is 17.7 Å². The van der Waals surface area contributed by atoms with Crippen LogP contribution in [-0.2, 0) is 14.8 Å². The van der Waals surface area contributed by atoms with Crippen LogP contribution in [0.25, 0.3) is 0 Å². The van der Waals surface area contributed by atoms with Crippen LogP contribution in [0.5, 0.6) is 0 Å². The van der Waals surface area contributed by atoms with Crippen molar-refractivity contribution in [2.75, 3.05) is 44.3 Å². The van der Waals surface area contributed by atoms with E-state index in [2.05, 4.69) is 5.32 Å². The first-order valence-electron chi connectivity index (χ1n) is 7.00. The summed E-state index contributed by atoms with van der Waals surface area (Å²) in [6.45, 7) is 3.61. The van der Waals surface area contributed by atoms with E-state index in [0.717, 1.165) is 11.3 Å². The van der Waals surface area contributed by atoms with Gasteiger partial charge in [0.1, 0.15) is 0 Å². The van der Waals surface area contributed by atoms with Crippen LogP contribution in [0.4, 0.5) is 5.69 Å². The second-order valence-corrected chi connectivity index (χ2v) is 7.75. The standard InChI is InChI=1S/C14H20ClN3O3S/c1-11-3-4-12(9-13(11)15)16-10-14(19)17-5-7-18(8-6-17)22(2,20)21/h3-4,9,16H,5-8,10H2,1-2H3. The predicted molar refractivity (Wildman–Crippen MR) is 87.7 cm³/mol. The van der Waals surface area contributed by atoms with Gasteiger partial charge >= 0.3 is 0 Å². The number of piperazine rings is 1. The minimum absolute atomic E-state index is 0.0511. The Kier molecular flexibility index (Phi) is 5.31. The summed E-state index contributed by atoms with van der Waals surface area (Å²) in [5, 5.41) is 3.70. The Hall–Kier alpha value is -1.31. The molecule has 0 atom stereocenters. The van der Waals surface area contributed by atoms with Crippen molar-refractivity contribution in [3.63, 3.8) is 0 Å². The highest BCUT2D eigenvalue weighted by atomic mass is 35.5. The molecule has 1 aromatic rings. The van der Waals surface area contributed by atoms with Crippen molar-refractivity contribution in [3.05, 3.63) is 28.8 Å². The fourth-order valence-corrected chi connectivity index (χ4v) is 3.27. The van der Waals surface area contributed by atoms with E-state index in [9.17, 15) is 13.2 Å². The average molecular weight is 346 g/mol. The first-order valence-corrected chi connectivity index (χ1v) is 9.23. The number of amides is 1. The lowest BCUT2D eigenvalue weighted by Gasteiger charge is -2.33. The highest BCUT2D eigenvalue weighted by Gasteiger charge is 2.25. The molecular weight excluding hydrogens is 326 g/mol. The summed E-state index contributed by atoms with van der Waals surface area (Å²) in [5.41, 5.74) is 1.77. The van der Waals surface area contributed by atoms with Gasteiger partial charge in [0.15, 0.2) is 0 Å². The molecule has 0 spiro atoms. The molecule has 1 saturated heterocycles. The second kappa shape index (κ2) is 6.85. The number of nitrogens with one attached hydrogen (secondary N) is 1. The van der Waals surface area contributed by atoms with E-state index in [0.29, 0.717) is 31.2 Å². The van der Waals surface area contributed by atoms with Crippen LogP contribution >= 0.6 is 11.6 Å². The van der Waals surface area contributed by atoms with E-state index >= 15 is 0 Å². The number of anilines is 1. The number of carbonyl (C=O) groups excluding carboxylic acids is 1. The lowest BCUT2D eigenvalue weighted by Crippen LogP contribution is -2.51. The summed E-state index contributed by atoms with van der Waals surface area (Å²) in [7, 11) is -3.17. The molecule has 1 amide bonds. The van der Waals surface area contributed by atoms with Crippen molar-refractivity contribution in [3.8, 4) is 0 Å². The van der Waals surface area contributed by atoms with Crippen molar-refractivity contribution >= 4 is 33.2 Å². The third-order valence-electron chi connectivity index (χ3n) is 3.68. The molecular formula is C14H20ClN3O3S. The van der Waals surface area contributed by atoms with Gasteiger partial charge in [0.05, 0.1) is 12.8 Å². The number of sulfonamides is 1. The van der Waals surface area contributed by atoms with Crippen LogP contribution in [0.2, 0.25) is 5.02 Å². The fourth-order valence-electron chi connectivity index (χ4n) is 2.26. The monoisotopic (exact) mass is 345 g/mol. The molecule has 0 saturated carbocycles. The molecule has 1 aliphatic heterocycles. The van der Waals surface area contributed by atoms with E-state index in [1.54, 1.807) is 11.0 Å². The molecule has 1 fully saturated rings. The first-order chi connectivity index (χ1) is 10.3. The highest BCUT2D eigenvalue weighted by Crippen LogP contribution is 2.19. The lowest BCUT2D eigenvalue weighted by atomic mass is 10.2. The van der Waals surface area contributed by atoms with Gasteiger partial charge in [-0.25, -0.2) is 8.42 Å². The molecule has 1 heterocycles.